The monoisotopic (exact) mass is 322 g/mol. The lowest BCUT2D eigenvalue weighted by Crippen LogP contribution is -2.32. The van der Waals surface area contributed by atoms with Gasteiger partial charge in [-0.2, -0.15) is 11.8 Å². The van der Waals surface area contributed by atoms with Crippen LogP contribution in [0.3, 0.4) is 0 Å². The number of aliphatic carboxylic acids is 2. The first-order valence-electron chi connectivity index (χ1n) is 5.74. The summed E-state index contributed by atoms with van der Waals surface area (Å²) < 4.78 is 0. The summed E-state index contributed by atoms with van der Waals surface area (Å²) >= 11 is 2.87. The molecule has 2 atom stereocenters. The molecule has 2 unspecified atom stereocenters. The normalized spacial score (nSPS) is 13.2. The van der Waals surface area contributed by atoms with E-state index in [1.54, 1.807) is 6.08 Å². The molecule has 0 aliphatic rings. The van der Waals surface area contributed by atoms with Crippen LogP contribution in [-0.4, -0.2) is 51.5 Å². The molecule has 6 N–H and O–H groups in total. The van der Waals surface area contributed by atoms with Crippen LogP contribution in [0.4, 0.5) is 0 Å². The highest BCUT2D eigenvalue weighted by molar-refractivity contribution is 8.02. The smallest absolute Gasteiger partial charge is 0.321 e. The zero-order valence-corrected chi connectivity index (χ0v) is 13.0. The second-order valence-corrected chi connectivity index (χ2v) is 5.53. The number of hydrogen-bond donors (Lipinski definition) is 4. The van der Waals surface area contributed by atoms with Gasteiger partial charge in [-0.15, -0.1) is 18.3 Å². The summed E-state index contributed by atoms with van der Waals surface area (Å²) in [5.74, 6) is -0.268. The minimum atomic E-state index is -0.948. The molecular formula is C12H22N2O4S2. The molecule has 0 amide bonds. The predicted octanol–water partition coefficient (Wildman–Crippen LogP) is 0.983. The molecule has 0 aliphatic heterocycles. The first-order chi connectivity index (χ1) is 9.36. The molecule has 0 spiro atoms. The zero-order chi connectivity index (χ0) is 16.0. The molecule has 0 bridgehead atoms. The Balaban J connectivity index is 0. The molecule has 0 aromatic rings. The summed E-state index contributed by atoms with van der Waals surface area (Å²) in [7, 11) is 0. The van der Waals surface area contributed by atoms with Gasteiger partial charge in [-0.05, 0) is 12.3 Å². The van der Waals surface area contributed by atoms with E-state index in [0.717, 1.165) is 5.75 Å². The van der Waals surface area contributed by atoms with E-state index in [-0.39, 0.29) is 0 Å². The Kier molecular flexibility index (Phi) is 15.4. The summed E-state index contributed by atoms with van der Waals surface area (Å²) in [6, 6.07) is -1.49. The van der Waals surface area contributed by atoms with Crippen LogP contribution in [0.25, 0.3) is 0 Å². The third-order valence-corrected chi connectivity index (χ3v) is 3.76. The SMILES string of the molecule is C/C=C/SCC(N)C(=O)O.C=CCSCC(N)C(=O)O. The third-order valence-electron chi connectivity index (χ3n) is 1.68. The van der Waals surface area contributed by atoms with Gasteiger partial charge in [0.15, 0.2) is 0 Å². The standard InChI is InChI=1S/2C6H11NO2S/c2*1-2-3-10-4-5(7)6(8)9/h2-3,5H,4,7H2,1H3,(H,8,9);2,5H,1,3-4,7H2,(H,8,9)/b3-2+;. The van der Waals surface area contributed by atoms with Crippen LogP contribution < -0.4 is 11.5 Å². The van der Waals surface area contributed by atoms with E-state index in [9.17, 15) is 9.59 Å². The third kappa shape index (κ3) is 15.1. The Bertz CT molecular complexity index is 325. The van der Waals surface area contributed by atoms with Crippen LogP contribution >= 0.6 is 23.5 Å². The largest absolute Gasteiger partial charge is 0.480 e. The molecule has 0 aromatic carbocycles. The van der Waals surface area contributed by atoms with Gasteiger partial charge < -0.3 is 21.7 Å². The highest BCUT2D eigenvalue weighted by Gasteiger charge is 2.09. The minimum Gasteiger partial charge on any atom is -0.480 e. The van der Waals surface area contributed by atoms with Gasteiger partial charge in [0.25, 0.3) is 0 Å². The van der Waals surface area contributed by atoms with Crippen molar-refractivity contribution in [3.05, 3.63) is 24.1 Å². The minimum absolute atomic E-state index is 0.430. The fourth-order valence-electron chi connectivity index (χ4n) is 0.676. The Labute approximate surface area is 127 Å². The molecule has 20 heavy (non-hydrogen) atoms. The van der Waals surface area contributed by atoms with Gasteiger partial charge in [-0.25, -0.2) is 0 Å². The Morgan fingerprint density at radius 1 is 1.20 bits per heavy atom. The van der Waals surface area contributed by atoms with Crippen molar-refractivity contribution in [2.24, 2.45) is 11.5 Å². The van der Waals surface area contributed by atoms with Crippen LogP contribution in [-0.2, 0) is 9.59 Å². The van der Waals surface area contributed by atoms with Crippen molar-refractivity contribution in [1.82, 2.24) is 0 Å². The van der Waals surface area contributed by atoms with Crippen molar-refractivity contribution in [1.29, 1.82) is 0 Å². The topological polar surface area (TPSA) is 127 Å². The predicted molar refractivity (Wildman–Crippen MR) is 86.0 cm³/mol. The fraction of sp³-hybridized carbons (Fsp3) is 0.500. The lowest BCUT2D eigenvalue weighted by molar-refractivity contribution is -0.138. The Hall–Kier alpha value is -0.960. The molecule has 116 valence electrons. The lowest BCUT2D eigenvalue weighted by Gasteiger charge is -2.02. The van der Waals surface area contributed by atoms with Crippen LogP contribution in [0, 0.1) is 0 Å². The average molecular weight is 322 g/mol. The van der Waals surface area contributed by atoms with Crippen molar-refractivity contribution in [2.45, 2.75) is 19.0 Å². The molecule has 0 heterocycles. The van der Waals surface area contributed by atoms with Crippen molar-refractivity contribution in [3.8, 4) is 0 Å². The first-order valence-corrected chi connectivity index (χ1v) is 7.95. The van der Waals surface area contributed by atoms with E-state index in [1.807, 2.05) is 18.4 Å². The van der Waals surface area contributed by atoms with Crippen molar-refractivity contribution < 1.29 is 19.8 Å². The van der Waals surface area contributed by atoms with Gasteiger partial charge in [-0.1, -0.05) is 12.2 Å². The maximum atomic E-state index is 10.1. The number of carboxylic acid groups (broad SMARTS) is 2. The number of hydrogen-bond acceptors (Lipinski definition) is 6. The Morgan fingerprint density at radius 2 is 1.70 bits per heavy atom. The van der Waals surface area contributed by atoms with Gasteiger partial charge >= 0.3 is 11.9 Å². The van der Waals surface area contributed by atoms with Crippen LogP contribution in [0.2, 0.25) is 0 Å². The number of carbonyl (C=O) groups is 2. The summed E-state index contributed by atoms with van der Waals surface area (Å²) in [5.41, 5.74) is 10.4. The molecule has 0 saturated heterocycles. The molecule has 0 aromatic heterocycles. The van der Waals surface area contributed by atoms with Gasteiger partial charge in [0.2, 0.25) is 0 Å². The average Bonchev–Trinajstić information content (AvgIpc) is 2.39. The molecule has 0 fully saturated rings. The van der Waals surface area contributed by atoms with Crippen molar-refractivity contribution in [3.63, 3.8) is 0 Å². The number of thioether (sulfide) groups is 2. The molecule has 0 radical (unpaired) electrons. The molecule has 0 aliphatic carbocycles. The number of allylic oxidation sites excluding steroid dienone is 1. The molecule has 6 nitrogen and oxygen atoms in total. The van der Waals surface area contributed by atoms with Crippen LogP contribution in [0.1, 0.15) is 6.92 Å². The van der Waals surface area contributed by atoms with Crippen molar-refractivity contribution in [2.75, 3.05) is 17.3 Å². The van der Waals surface area contributed by atoms with E-state index in [1.165, 1.54) is 23.5 Å². The molecular weight excluding hydrogens is 300 g/mol. The van der Waals surface area contributed by atoms with Crippen LogP contribution in [0.5, 0.6) is 0 Å². The van der Waals surface area contributed by atoms with E-state index >= 15 is 0 Å². The zero-order valence-electron chi connectivity index (χ0n) is 11.4. The second-order valence-electron chi connectivity index (χ2n) is 3.52. The second kappa shape index (κ2) is 14.4. The van der Waals surface area contributed by atoms with Crippen LogP contribution in [0.15, 0.2) is 24.1 Å². The number of rotatable bonds is 9. The fourth-order valence-corrected chi connectivity index (χ4v) is 2.03. The maximum Gasteiger partial charge on any atom is 0.321 e. The quantitative estimate of drug-likeness (QED) is 0.365. The highest BCUT2D eigenvalue weighted by atomic mass is 32.2. The van der Waals surface area contributed by atoms with Gasteiger partial charge in [0, 0.05) is 17.3 Å². The van der Waals surface area contributed by atoms with Gasteiger partial charge in [0.05, 0.1) is 0 Å². The lowest BCUT2D eigenvalue weighted by atomic mass is 10.4. The van der Waals surface area contributed by atoms with Gasteiger partial charge in [-0.3, -0.25) is 9.59 Å². The molecule has 8 heteroatoms. The van der Waals surface area contributed by atoms with E-state index < -0.39 is 24.0 Å². The maximum absolute atomic E-state index is 10.1. The molecule has 0 rings (SSSR count). The summed E-state index contributed by atoms with van der Waals surface area (Å²) in [5, 5.41) is 18.5. The highest BCUT2D eigenvalue weighted by Crippen LogP contribution is 2.02. The first kappa shape index (κ1) is 21.3. The summed E-state index contributed by atoms with van der Waals surface area (Å²) in [4.78, 5) is 20.3. The number of carboxylic acids is 2. The van der Waals surface area contributed by atoms with Crippen molar-refractivity contribution >= 4 is 35.5 Å². The Morgan fingerprint density at radius 3 is 2.10 bits per heavy atom. The summed E-state index contributed by atoms with van der Waals surface area (Å²) in [6.45, 7) is 5.37. The van der Waals surface area contributed by atoms with E-state index in [4.69, 9.17) is 21.7 Å². The number of nitrogens with two attached hydrogens (primary N) is 2. The van der Waals surface area contributed by atoms with E-state index in [0.29, 0.717) is 11.5 Å². The van der Waals surface area contributed by atoms with Gasteiger partial charge in [0.1, 0.15) is 12.1 Å². The van der Waals surface area contributed by atoms with E-state index in [2.05, 4.69) is 6.58 Å². The summed E-state index contributed by atoms with van der Waals surface area (Å²) in [6.07, 6.45) is 3.57. The molecule has 0 saturated carbocycles.